The standard InChI is InChI=1S/C23H14ClF2N3O3.C16H11ClIN3O.C7H5BF2O4/c24-14-4-1-3-13(11-6-7-11)18(14)22(30)29-17-5-2-8-27-20(17)21(28-29)19-15(25)9-12(23(31)32)10-16(19)26;17-11-4-1-3-10(9-6-7-9)13(11)16(22)21-12-5-2-8-19-14(12)15(18)20-21;9-4-1-3(7(11)12)2-5(10)6(4)8(13)14/h1-5,8-11H,6-7H2,(H,31,32);1-5,8-9H,6-7H2;1-2,13-14H,(H,11,12). The van der Waals surface area contributed by atoms with E-state index in [1.54, 1.807) is 42.6 Å². The number of carboxylic acid groups (broad SMARTS) is 2. The fourth-order valence-corrected chi connectivity index (χ4v) is 8.59. The minimum Gasteiger partial charge on any atom is -0.478 e. The lowest BCUT2D eigenvalue weighted by molar-refractivity contribution is 0.0685. The highest BCUT2D eigenvalue weighted by Gasteiger charge is 2.33. The van der Waals surface area contributed by atoms with E-state index in [9.17, 15) is 36.7 Å². The molecule has 2 saturated carbocycles. The number of pyridine rings is 2. The third kappa shape index (κ3) is 9.59. The normalized spacial score (nSPS) is 13.1. The Balaban J connectivity index is 0.000000150. The van der Waals surface area contributed by atoms with Crippen LogP contribution in [0.25, 0.3) is 33.3 Å². The number of fused-ring (bicyclic) bond motifs is 2. The minimum atomic E-state index is -2.31. The molecule has 2 fully saturated rings. The SMILES string of the molecule is O=C(O)c1cc(F)c(-c2nn(C(=O)c3c(Cl)cccc3C3CC3)c3cccnc23)c(F)c1.O=C(O)c1cc(F)c(B(O)O)c(F)c1.O=C(c1c(Cl)cccc1C1CC1)n1nc(I)c2ncccc21. The van der Waals surface area contributed by atoms with Gasteiger partial charge in [0.15, 0.2) is 0 Å². The van der Waals surface area contributed by atoms with Crippen molar-refractivity contribution in [3.05, 3.63) is 168 Å². The van der Waals surface area contributed by atoms with Gasteiger partial charge in [0.25, 0.3) is 11.8 Å². The molecule has 0 radical (unpaired) electrons. The molecule has 0 saturated heterocycles. The monoisotopic (exact) mass is 1080 g/mol. The number of hydrogen-bond acceptors (Lipinski definition) is 10. The summed E-state index contributed by atoms with van der Waals surface area (Å²) in [5, 5.41) is 43.9. The average Bonchev–Trinajstić information content (AvgIpc) is 4.25. The molecule has 0 unspecified atom stereocenters. The van der Waals surface area contributed by atoms with E-state index in [-0.39, 0.29) is 33.6 Å². The Morgan fingerprint density at radius 3 is 1.49 bits per heavy atom. The van der Waals surface area contributed by atoms with Crippen molar-refractivity contribution in [2.45, 2.75) is 37.5 Å². The number of carboxylic acids is 2. The van der Waals surface area contributed by atoms with Gasteiger partial charge in [-0.2, -0.15) is 19.6 Å². The molecule has 4 aromatic carbocycles. The minimum absolute atomic E-state index is 0.0988. The summed E-state index contributed by atoms with van der Waals surface area (Å²) < 4.78 is 58.5. The Kier molecular flexibility index (Phi) is 13.8. The number of aromatic nitrogens is 6. The van der Waals surface area contributed by atoms with Crippen molar-refractivity contribution >= 4 is 104 Å². The van der Waals surface area contributed by atoms with Crippen LogP contribution in [0.5, 0.6) is 0 Å². The number of rotatable bonds is 8. The summed E-state index contributed by atoms with van der Waals surface area (Å²) in [5.74, 6) is -7.88. The second kappa shape index (κ2) is 19.6. The molecule has 2 aliphatic carbocycles. The summed E-state index contributed by atoms with van der Waals surface area (Å²) in [6, 6.07) is 20.1. The molecule has 4 N–H and O–H groups in total. The maximum atomic E-state index is 14.8. The molecular weight excluding hydrogens is 1050 g/mol. The number of halogens is 7. The first-order valence-electron chi connectivity index (χ1n) is 20.3. The second-order valence-corrected chi connectivity index (χ2v) is 17.3. The van der Waals surface area contributed by atoms with Crippen LogP contribution in [0, 0.1) is 27.0 Å². The summed E-state index contributed by atoms with van der Waals surface area (Å²) >= 11 is 14.8. The van der Waals surface area contributed by atoms with Gasteiger partial charge in [-0.15, -0.1) is 0 Å². The number of benzene rings is 4. The summed E-state index contributed by atoms with van der Waals surface area (Å²) in [6.07, 6.45) is 7.22. The third-order valence-electron chi connectivity index (χ3n) is 10.9. The van der Waals surface area contributed by atoms with Crippen molar-refractivity contribution in [3.8, 4) is 11.3 Å². The van der Waals surface area contributed by atoms with Gasteiger partial charge < -0.3 is 20.3 Å². The van der Waals surface area contributed by atoms with Gasteiger partial charge in [-0.25, -0.2) is 27.2 Å². The first-order valence-corrected chi connectivity index (χ1v) is 22.1. The van der Waals surface area contributed by atoms with Crippen molar-refractivity contribution in [1.82, 2.24) is 29.5 Å². The van der Waals surface area contributed by atoms with Crippen LogP contribution in [0.1, 0.15) is 90.1 Å². The van der Waals surface area contributed by atoms with E-state index >= 15 is 0 Å². The predicted molar refractivity (Wildman–Crippen MR) is 250 cm³/mol. The van der Waals surface area contributed by atoms with E-state index < -0.39 is 70.4 Å². The zero-order valence-electron chi connectivity index (χ0n) is 34.5. The van der Waals surface area contributed by atoms with Crippen LogP contribution >= 0.6 is 45.8 Å². The van der Waals surface area contributed by atoms with Crippen LogP contribution in [0.15, 0.2) is 97.3 Å². The maximum Gasteiger partial charge on any atom is 0.494 e. The smallest absolute Gasteiger partial charge is 0.478 e. The molecule has 2 aliphatic rings. The maximum absolute atomic E-state index is 14.8. The summed E-state index contributed by atoms with van der Waals surface area (Å²) in [4.78, 5) is 56.5. The van der Waals surface area contributed by atoms with Gasteiger partial charge in [0.1, 0.15) is 43.7 Å². The van der Waals surface area contributed by atoms with Crippen molar-refractivity contribution < 1.29 is 57.0 Å². The van der Waals surface area contributed by atoms with E-state index in [0.717, 1.165) is 47.0 Å². The molecule has 4 aromatic heterocycles. The van der Waals surface area contributed by atoms with Gasteiger partial charge in [-0.05, 0) is 132 Å². The lowest BCUT2D eigenvalue weighted by Gasteiger charge is -2.10. The topological polar surface area (TPSA) is 211 Å². The molecule has 0 spiro atoms. The molecule has 22 heteroatoms. The van der Waals surface area contributed by atoms with Crippen LogP contribution in [-0.4, -0.2) is 80.7 Å². The molecule has 0 atom stereocenters. The van der Waals surface area contributed by atoms with Crippen LogP contribution in [0.2, 0.25) is 10.0 Å². The van der Waals surface area contributed by atoms with E-state index in [2.05, 4.69) is 42.8 Å². The van der Waals surface area contributed by atoms with E-state index in [0.29, 0.717) is 55.6 Å². The van der Waals surface area contributed by atoms with E-state index in [1.807, 2.05) is 24.3 Å². The molecular formula is C46H30BCl2F4IN6O8. The molecule has 4 heterocycles. The zero-order valence-corrected chi connectivity index (χ0v) is 38.2. The second-order valence-electron chi connectivity index (χ2n) is 15.4. The van der Waals surface area contributed by atoms with Gasteiger partial charge in [-0.1, -0.05) is 47.5 Å². The molecule has 344 valence electrons. The van der Waals surface area contributed by atoms with Crippen molar-refractivity contribution in [1.29, 1.82) is 0 Å². The molecule has 0 bridgehead atoms. The lowest BCUT2D eigenvalue weighted by Crippen LogP contribution is -2.36. The molecule has 10 rings (SSSR count). The number of aromatic carboxylic acids is 2. The molecule has 0 aliphatic heterocycles. The Morgan fingerprint density at radius 1 is 0.618 bits per heavy atom. The van der Waals surface area contributed by atoms with E-state index in [1.165, 1.54) is 10.9 Å². The van der Waals surface area contributed by atoms with Crippen LogP contribution in [0.3, 0.4) is 0 Å². The fourth-order valence-electron chi connectivity index (χ4n) is 7.44. The molecule has 0 amide bonds. The summed E-state index contributed by atoms with van der Waals surface area (Å²) in [5.41, 5.74) is 1.61. The lowest BCUT2D eigenvalue weighted by atomic mass is 9.79. The van der Waals surface area contributed by atoms with Crippen molar-refractivity contribution in [3.63, 3.8) is 0 Å². The quantitative estimate of drug-likeness (QED) is 0.0639. The highest BCUT2D eigenvalue weighted by atomic mass is 127. The highest BCUT2D eigenvalue weighted by Crippen LogP contribution is 2.45. The Morgan fingerprint density at radius 2 is 1.04 bits per heavy atom. The largest absolute Gasteiger partial charge is 0.494 e. The van der Waals surface area contributed by atoms with Crippen LogP contribution in [-0.2, 0) is 0 Å². The van der Waals surface area contributed by atoms with Crippen LogP contribution < -0.4 is 5.46 Å². The average molecular weight is 1080 g/mol. The first kappa shape index (κ1) is 47.9. The van der Waals surface area contributed by atoms with Gasteiger partial charge >= 0.3 is 19.1 Å². The Labute approximate surface area is 405 Å². The van der Waals surface area contributed by atoms with Gasteiger partial charge in [0, 0.05) is 12.4 Å². The van der Waals surface area contributed by atoms with Gasteiger partial charge in [-0.3, -0.25) is 19.6 Å². The number of nitrogens with zero attached hydrogens (tertiary/aromatic N) is 6. The van der Waals surface area contributed by atoms with E-state index in [4.69, 9.17) is 43.5 Å². The number of carbonyl (C=O) groups excluding carboxylic acids is 2. The van der Waals surface area contributed by atoms with Crippen molar-refractivity contribution in [2.75, 3.05) is 0 Å². The molecule has 14 nitrogen and oxygen atoms in total. The van der Waals surface area contributed by atoms with Gasteiger partial charge in [0.2, 0.25) is 0 Å². The Hall–Kier alpha value is -6.59. The third-order valence-corrected chi connectivity index (χ3v) is 12.2. The van der Waals surface area contributed by atoms with Crippen LogP contribution in [0.4, 0.5) is 17.6 Å². The molecule has 68 heavy (non-hydrogen) atoms. The summed E-state index contributed by atoms with van der Waals surface area (Å²) in [7, 11) is -2.31. The number of carbonyl (C=O) groups is 4. The fraction of sp³-hybridized carbons (Fsp3) is 0.130. The highest BCUT2D eigenvalue weighted by molar-refractivity contribution is 14.1. The van der Waals surface area contributed by atoms with Gasteiger partial charge in [0.05, 0.1) is 54.4 Å². The predicted octanol–water partition coefficient (Wildman–Crippen LogP) is 8.89. The van der Waals surface area contributed by atoms with Crippen molar-refractivity contribution in [2.24, 2.45) is 0 Å². The first-order chi connectivity index (χ1) is 32.5. The summed E-state index contributed by atoms with van der Waals surface area (Å²) in [6.45, 7) is 0. The molecule has 8 aromatic rings. The zero-order chi connectivity index (χ0) is 48.7. The Bertz CT molecular complexity index is 3320. The number of hydrogen-bond donors (Lipinski definition) is 4.